The van der Waals surface area contributed by atoms with Crippen molar-refractivity contribution >= 4 is 35.6 Å². The molecule has 0 atom stereocenters. The summed E-state index contributed by atoms with van der Waals surface area (Å²) in [5.74, 6) is 2.36. The van der Waals surface area contributed by atoms with E-state index in [2.05, 4.69) is 38.0 Å². The van der Waals surface area contributed by atoms with Crippen molar-refractivity contribution in [3.63, 3.8) is 0 Å². The first kappa shape index (κ1) is 22.5. The number of rotatable bonds is 7. The summed E-state index contributed by atoms with van der Waals surface area (Å²) in [7, 11) is 1.75. The summed E-state index contributed by atoms with van der Waals surface area (Å²) in [5, 5.41) is 15.0. The van der Waals surface area contributed by atoms with Crippen molar-refractivity contribution in [3.05, 3.63) is 95.9 Å². The number of guanidine groups is 1. The second kappa shape index (κ2) is 11.3. The van der Waals surface area contributed by atoms with Gasteiger partial charge in [-0.3, -0.25) is 9.39 Å². The number of hydrogen-bond donors (Lipinski definition) is 2. The fraction of sp³-hybridized carbons (Fsp3) is 0.174. The minimum absolute atomic E-state index is 0. The van der Waals surface area contributed by atoms with Crippen LogP contribution in [0.4, 0.5) is 0 Å². The van der Waals surface area contributed by atoms with Crippen LogP contribution in [-0.4, -0.2) is 27.6 Å². The number of nitrogens with zero attached hydrogens (tertiary/aromatic N) is 4. The van der Waals surface area contributed by atoms with E-state index in [4.69, 9.17) is 4.74 Å². The van der Waals surface area contributed by atoms with Crippen LogP contribution in [-0.2, 0) is 19.7 Å². The standard InChI is InChI=1S/C23H24N6O.HI/c1-24-23(26-16-22-28-27-21-13-7-8-14-29(21)22)25-15-19-11-5-6-12-20(19)30-17-18-9-3-2-4-10-18;/h2-14H,15-17H2,1H3,(H2,24,25,26);1H. The van der Waals surface area contributed by atoms with Crippen molar-refractivity contribution in [1.29, 1.82) is 0 Å². The summed E-state index contributed by atoms with van der Waals surface area (Å²) in [6.45, 7) is 1.63. The van der Waals surface area contributed by atoms with E-state index in [0.29, 0.717) is 25.7 Å². The van der Waals surface area contributed by atoms with Gasteiger partial charge in [0.1, 0.15) is 12.4 Å². The first-order valence-electron chi connectivity index (χ1n) is 9.81. The SMILES string of the molecule is CN=C(NCc1ccccc1OCc1ccccc1)NCc1nnc2ccccn12.I. The van der Waals surface area contributed by atoms with Gasteiger partial charge in [-0.1, -0.05) is 54.6 Å². The summed E-state index contributed by atoms with van der Waals surface area (Å²) in [6.07, 6.45) is 1.95. The maximum Gasteiger partial charge on any atom is 0.191 e. The van der Waals surface area contributed by atoms with Gasteiger partial charge in [0.15, 0.2) is 17.4 Å². The monoisotopic (exact) mass is 528 g/mol. The molecule has 0 saturated carbocycles. The fourth-order valence-corrected chi connectivity index (χ4v) is 3.10. The lowest BCUT2D eigenvalue weighted by Crippen LogP contribution is -2.36. The Hall–Kier alpha value is -3.14. The predicted molar refractivity (Wildman–Crippen MR) is 133 cm³/mol. The minimum Gasteiger partial charge on any atom is -0.489 e. The third kappa shape index (κ3) is 5.94. The third-order valence-corrected chi connectivity index (χ3v) is 4.68. The highest BCUT2D eigenvalue weighted by molar-refractivity contribution is 14.0. The van der Waals surface area contributed by atoms with Crippen molar-refractivity contribution in [3.8, 4) is 5.75 Å². The summed E-state index contributed by atoms with van der Waals surface area (Å²) < 4.78 is 7.99. The molecule has 7 nitrogen and oxygen atoms in total. The zero-order valence-electron chi connectivity index (χ0n) is 17.2. The molecule has 8 heteroatoms. The third-order valence-electron chi connectivity index (χ3n) is 4.68. The lowest BCUT2D eigenvalue weighted by atomic mass is 10.2. The molecule has 2 heterocycles. The van der Waals surface area contributed by atoms with Gasteiger partial charge in [-0.15, -0.1) is 34.2 Å². The number of hydrogen-bond acceptors (Lipinski definition) is 4. The molecule has 0 unspecified atom stereocenters. The van der Waals surface area contributed by atoms with Gasteiger partial charge in [-0.25, -0.2) is 0 Å². The lowest BCUT2D eigenvalue weighted by molar-refractivity contribution is 0.302. The summed E-state index contributed by atoms with van der Waals surface area (Å²) in [6, 6.07) is 24.0. The van der Waals surface area contributed by atoms with Crippen LogP contribution in [0.3, 0.4) is 0 Å². The van der Waals surface area contributed by atoms with Crippen LogP contribution in [0.5, 0.6) is 5.75 Å². The van der Waals surface area contributed by atoms with Crippen molar-refractivity contribution in [2.24, 2.45) is 4.99 Å². The largest absolute Gasteiger partial charge is 0.489 e. The molecule has 4 rings (SSSR count). The van der Waals surface area contributed by atoms with Gasteiger partial charge in [0.2, 0.25) is 0 Å². The molecule has 0 bridgehead atoms. The quantitative estimate of drug-likeness (QED) is 0.217. The average Bonchev–Trinajstić information content (AvgIpc) is 3.22. The lowest BCUT2D eigenvalue weighted by Gasteiger charge is -2.14. The Bertz CT molecular complexity index is 1130. The number of benzene rings is 2. The number of ether oxygens (including phenoxy) is 1. The molecule has 0 saturated heterocycles. The highest BCUT2D eigenvalue weighted by Gasteiger charge is 2.08. The number of para-hydroxylation sites is 1. The second-order valence-electron chi connectivity index (χ2n) is 6.71. The molecule has 0 spiro atoms. The number of aromatic nitrogens is 3. The van der Waals surface area contributed by atoms with E-state index in [1.165, 1.54) is 0 Å². The molecule has 31 heavy (non-hydrogen) atoms. The van der Waals surface area contributed by atoms with Gasteiger partial charge in [0, 0.05) is 25.4 Å². The maximum atomic E-state index is 6.03. The Labute approximate surface area is 198 Å². The normalized spacial score (nSPS) is 11.1. The first-order chi connectivity index (χ1) is 14.8. The molecule has 2 aromatic carbocycles. The topological polar surface area (TPSA) is 75.8 Å². The Morgan fingerprint density at radius 2 is 1.65 bits per heavy atom. The van der Waals surface area contributed by atoms with E-state index in [-0.39, 0.29) is 24.0 Å². The van der Waals surface area contributed by atoms with Crippen LogP contribution < -0.4 is 15.4 Å². The smallest absolute Gasteiger partial charge is 0.191 e. The number of pyridine rings is 1. The molecule has 0 radical (unpaired) electrons. The fourth-order valence-electron chi connectivity index (χ4n) is 3.10. The molecular weight excluding hydrogens is 503 g/mol. The van der Waals surface area contributed by atoms with E-state index in [1.807, 2.05) is 71.3 Å². The molecule has 160 valence electrons. The Morgan fingerprint density at radius 3 is 2.48 bits per heavy atom. The molecule has 0 amide bonds. The van der Waals surface area contributed by atoms with Gasteiger partial charge in [-0.05, 0) is 23.8 Å². The van der Waals surface area contributed by atoms with Crippen LogP contribution in [0, 0.1) is 0 Å². The highest BCUT2D eigenvalue weighted by Crippen LogP contribution is 2.19. The van der Waals surface area contributed by atoms with Gasteiger partial charge in [0.25, 0.3) is 0 Å². The Morgan fingerprint density at radius 1 is 0.903 bits per heavy atom. The zero-order valence-corrected chi connectivity index (χ0v) is 19.6. The minimum atomic E-state index is 0. The van der Waals surface area contributed by atoms with Gasteiger partial charge >= 0.3 is 0 Å². The molecule has 4 aromatic rings. The molecule has 2 N–H and O–H groups in total. The van der Waals surface area contributed by atoms with E-state index in [1.54, 1.807) is 7.05 Å². The number of aliphatic imine (C=N–C) groups is 1. The molecule has 0 aliphatic heterocycles. The zero-order chi connectivity index (χ0) is 20.6. The van der Waals surface area contributed by atoms with Gasteiger partial charge in [-0.2, -0.15) is 0 Å². The van der Waals surface area contributed by atoms with Gasteiger partial charge < -0.3 is 15.4 Å². The van der Waals surface area contributed by atoms with Crippen molar-refractivity contribution in [2.75, 3.05) is 7.05 Å². The molecule has 0 fully saturated rings. The Kier molecular flexibility index (Phi) is 8.22. The summed E-state index contributed by atoms with van der Waals surface area (Å²) >= 11 is 0. The molecule has 0 aliphatic rings. The van der Waals surface area contributed by atoms with Crippen LogP contribution >= 0.6 is 24.0 Å². The summed E-state index contributed by atoms with van der Waals surface area (Å²) in [4.78, 5) is 4.30. The number of nitrogens with one attached hydrogen (secondary N) is 2. The van der Waals surface area contributed by atoms with E-state index >= 15 is 0 Å². The van der Waals surface area contributed by atoms with Crippen LogP contribution in [0.25, 0.3) is 5.65 Å². The molecule has 2 aromatic heterocycles. The summed E-state index contributed by atoms with van der Waals surface area (Å²) in [5.41, 5.74) is 3.02. The molecular formula is C23H25IN6O. The maximum absolute atomic E-state index is 6.03. The average molecular weight is 528 g/mol. The number of halogens is 1. The van der Waals surface area contributed by atoms with Crippen molar-refractivity contribution < 1.29 is 4.74 Å². The van der Waals surface area contributed by atoms with Crippen LogP contribution in [0.2, 0.25) is 0 Å². The number of fused-ring (bicyclic) bond motifs is 1. The van der Waals surface area contributed by atoms with Crippen LogP contribution in [0.1, 0.15) is 17.0 Å². The van der Waals surface area contributed by atoms with Crippen LogP contribution in [0.15, 0.2) is 84.0 Å². The van der Waals surface area contributed by atoms with E-state index in [9.17, 15) is 0 Å². The highest BCUT2D eigenvalue weighted by atomic mass is 127. The van der Waals surface area contributed by atoms with Crippen molar-refractivity contribution in [2.45, 2.75) is 19.7 Å². The van der Waals surface area contributed by atoms with E-state index < -0.39 is 0 Å². The van der Waals surface area contributed by atoms with E-state index in [0.717, 1.165) is 28.3 Å². The Balaban J connectivity index is 0.00000272. The van der Waals surface area contributed by atoms with Gasteiger partial charge in [0.05, 0.1) is 6.54 Å². The van der Waals surface area contributed by atoms with Crippen molar-refractivity contribution in [1.82, 2.24) is 25.2 Å². The predicted octanol–water partition coefficient (Wildman–Crippen LogP) is 3.79. The first-order valence-corrected chi connectivity index (χ1v) is 9.81. The second-order valence-corrected chi connectivity index (χ2v) is 6.71. The molecule has 0 aliphatic carbocycles.